The molecule has 5 rings (SSSR count). The molecule has 0 radical (unpaired) electrons. The summed E-state index contributed by atoms with van der Waals surface area (Å²) < 4.78 is 15.7. The van der Waals surface area contributed by atoms with Crippen molar-refractivity contribution in [2.75, 3.05) is 11.4 Å². The van der Waals surface area contributed by atoms with Gasteiger partial charge in [0.2, 0.25) is 0 Å². The maximum Gasteiger partial charge on any atom is 0.148 e. The Kier molecular flexibility index (Phi) is 3.06. The highest BCUT2D eigenvalue weighted by Gasteiger charge is 2.33. The lowest BCUT2D eigenvalue weighted by Crippen LogP contribution is -2.37. The van der Waals surface area contributed by atoms with Crippen molar-refractivity contribution in [1.29, 1.82) is 0 Å². The number of imidazole rings is 1. The van der Waals surface area contributed by atoms with Crippen LogP contribution in [0.4, 0.5) is 10.2 Å². The van der Waals surface area contributed by atoms with E-state index >= 15 is 0 Å². The van der Waals surface area contributed by atoms with Gasteiger partial charge >= 0.3 is 0 Å². The lowest BCUT2D eigenvalue weighted by molar-refractivity contribution is 0.609. The third-order valence-electron chi connectivity index (χ3n) is 4.62. The smallest absolute Gasteiger partial charge is 0.148 e. The van der Waals surface area contributed by atoms with Gasteiger partial charge in [-0.05, 0) is 30.3 Å². The monoisotopic (exact) mass is 334 g/mol. The molecule has 0 aromatic carbocycles. The number of nitrogens with one attached hydrogen (secondary N) is 1. The second-order valence-corrected chi connectivity index (χ2v) is 6.06. The van der Waals surface area contributed by atoms with E-state index in [0.29, 0.717) is 5.52 Å². The molecule has 0 spiro atoms. The predicted molar refractivity (Wildman–Crippen MR) is 90.9 cm³/mol. The van der Waals surface area contributed by atoms with Crippen LogP contribution in [0, 0.1) is 5.82 Å². The maximum absolute atomic E-state index is 14.1. The van der Waals surface area contributed by atoms with Gasteiger partial charge in [-0.1, -0.05) is 6.07 Å². The number of rotatable bonds is 2. The number of pyridine rings is 2. The number of anilines is 1. The second-order valence-electron chi connectivity index (χ2n) is 6.06. The number of aromatic amines is 1. The lowest BCUT2D eigenvalue weighted by atomic mass is 9.99. The molecule has 0 bridgehead atoms. The number of nitrogens with zero attached hydrogens (tertiary/aromatic N) is 5. The van der Waals surface area contributed by atoms with Crippen molar-refractivity contribution in [2.45, 2.75) is 12.5 Å². The molecule has 0 amide bonds. The largest absolute Gasteiger partial charge is 0.348 e. The minimum Gasteiger partial charge on any atom is -0.348 e. The van der Waals surface area contributed by atoms with Crippen LogP contribution < -0.4 is 4.90 Å². The Bertz CT molecular complexity index is 1040. The predicted octanol–water partition coefficient (Wildman–Crippen LogP) is 2.74. The van der Waals surface area contributed by atoms with Crippen molar-refractivity contribution in [3.63, 3.8) is 0 Å². The zero-order valence-corrected chi connectivity index (χ0v) is 13.3. The van der Waals surface area contributed by atoms with Crippen molar-refractivity contribution in [2.24, 2.45) is 0 Å². The molecule has 1 aliphatic heterocycles. The fraction of sp³-hybridized carbons (Fsp3) is 0.167. The molecule has 7 heteroatoms. The Labute approximate surface area is 143 Å². The average Bonchev–Trinajstić information content (AvgIpc) is 3.29. The lowest BCUT2D eigenvalue weighted by Gasteiger charge is -2.34. The van der Waals surface area contributed by atoms with E-state index in [-0.39, 0.29) is 11.9 Å². The molecule has 4 aromatic heterocycles. The molecule has 0 unspecified atom stereocenters. The van der Waals surface area contributed by atoms with Crippen LogP contribution in [0.5, 0.6) is 0 Å². The highest BCUT2D eigenvalue weighted by Crippen LogP contribution is 2.35. The van der Waals surface area contributed by atoms with Crippen LogP contribution in [0.1, 0.15) is 23.1 Å². The van der Waals surface area contributed by atoms with Gasteiger partial charge in [-0.3, -0.25) is 0 Å². The number of aromatic nitrogens is 5. The Morgan fingerprint density at radius 3 is 2.96 bits per heavy atom. The Morgan fingerprint density at radius 1 is 1.16 bits per heavy atom. The molecule has 1 N–H and O–H groups in total. The van der Waals surface area contributed by atoms with E-state index in [1.54, 1.807) is 35.4 Å². The first kappa shape index (κ1) is 14.2. The summed E-state index contributed by atoms with van der Waals surface area (Å²) in [4.78, 5) is 14.4. The summed E-state index contributed by atoms with van der Waals surface area (Å²) in [5, 5.41) is 4.60. The van der Waals surface area contributed by atoms with Crippen LogP contribution in [0.2, 0.25) is 0 Å². The molecule has 25 heavy (non-hydrogen) atoms. The van der Waals surface area contributed by atoms with Gasteiger partial charge in [-0.2, -0.15) is 5.10 Å². The van der Waals surface area contributed by atoms with E-state index in [9.17, 15) is 4.39 Å². The quantitative estimate of drug-likeness (QED) is 0.612. The van der Waals surface area contributed by atoms with E-state index in [0.717, 1.165) is 35.9 Å². The van der Waals surface area contributed by atoms with Gasteiger partial charge in [0.05, 0.1) is 17.7 Å². The fourth-order valence-corrected chi connectivity index (χ4v) is 3.48. The first-order valence-corrected chi connectivity index (χ1v) is 8.15. The second kappa shape index (κ2) is 5.41. The first-order chi connectivity index (χ1) is 12.3. The number of hydrogen-bond donors (Lipinski definition) is 1. The van der Waals surface area contributed by atoms with Gasteiger partial charge in [0.15, 0.2) is 0 Å². The van der Waals surface area contributed by atoms with Crippen LogP contribution in [0.15, 0.2) is 55.1 Å². The van der Waals surface area contributed by atoms with Gasteiger partial charge in [0, 0.05) is 31.1 Å². The van der Waals surface area contributed by atoms with Crippen molar-refractivity contribution < 1.29 is 4.39 Å². The summed E-state index contributed by atoms with van der Waals surface area (Å²) in [6.07, 6.45) is 6.08. The molecule has 1 aliphatic rings. The zero-order valence-electron chi connectivity index (χ0n) is 13.3. The normalized spacial score (nSPS) is 17.0. The van der Waals surface area contributed by atoms with Crippen LogP contribution in [-0.2, 0) is 6.42 Å². The third-order valence-corrected chi connectivity index (χ3v) is 4.62. The molecular weight excluding hydrogens is 319 g/mol. The summed E-state index contributed by atoms with van der Waals surface area (Å²) in [6, 6.07) is 10.5. The van der Waals surface area contributed by atoms with Crippen LogP contribution in [0.3, 0.4) is 0 Å². The standard InChI is InChI=1S/C18H15FN6/c19-12-4-3-8-25-15(12)10-14(23-25)18-17-13(21-11-22-17)6-9-24(18)16-5-1-2-7-20-16/h1-5,7-8,10-11,18H,6,9H2,(H,21,22)/t18-/m0/s1. The number of H-pyrrole nitrogens is 1. The van der Waals surface area contributed by atoms with Gasteiger partial charge in [-0.15, -0.1) is 0 Å². The van der Waals surface area contributed by atoms with Gasteiger partial charge in [-0.25, -0.2) is 18.9 Å². The first-order valence-electron chi connectivity index (χ1n) is 8.15. The number of hydrogen-bond acceptors (Lipinski definition) is 4. The minimum absolute atomic E-state index is 0.204. The minimum atomic E-state index is -0.288. The fourth-order valence-electron chi connectivity index (χ4n) is 3.48. The molecule has 0 fully saturated rings. The van der Waals surface area contributed by atoms with E-state index in [2.05, 4.69) is 25.0 Å². The summed E-state index contributed by atoms with van der Waals surface area (Å²) in [7, 11) is 0. The van der Waals surface area contributed by atoms with E-state index in [1.165, 1.54) is 6.07 Å². The van der Waals surface area contributed by atoms with Crippen LogP contribution in [0.25, 0.3) is 5.52 Å². The van der Waals surface area contributed by atoms with Gasteiger partial charge in [0.25, 0.3) is 0 Å². The van der Waals surface area contributed by atoms with Crippen LogP contribution in [-0.4, -0.2) is 31.1 Å². The highest BCUT2D eigenvalue weighted by molar-refractivity contribution is 5.54. The molecule has 1 atom stereocenters. The summed E-state index contributed by atoms with van der Waals surface area (Å²) >= 11 is 0. The zero-order chi connectivity index (χ0) is 16.8. The molecule has 5 heterocycles. The molecule has 0 saturated carbocycles. The topological polar surface area (TPSA) is 62.1 Å². The average molecular weight is 334 g/mol. The Morgan fingerprint density at radius 2 is 2.12 bits per heavy atom. The van der Waals surface area contributed by atoms with E-state index in [4.69, 9.17) is 0 Å². The summed E-state index contributed by atoms with van der Waals surface area (Å²) in [5.74, 6) is 0.572. The van der Waals surface area contributed by atoms with Crippen LogP contribution >= 0.6 is 0 Å². The maximum atomic E-state index is 14.1. The van der Waals surface area contributed by atoms with Crippen molar-refractivity contribution >= 4 is 11.3 Å². The highest BCUT2D eigenvalue weighted by atomic mass is 19.1. The third kappa shape index (κ3) is 2.20. The van der Waals surface area contributed by atoms with Crippen molar-refractivity contribution in [1.82, 2.24) is 24.6 Å². The Balaban J connectivity index is 1.70. The number of fused-ring (bicyclic) bond motifs is 2. The molecule has 0 aliphatic carbocycles. The summed E-state index contributed by atoms with van der Waals surface area (Å²) in [5.41, 5.74) is 3.22. The van der Waals surface area contributed by atoms with Gasteiger partial charge in [0.1, 0.15) is 23.2 Å². The van der Waals surface area contributed by atoms with Crippen molar-refractivity contribution in [3.8, 4) is 0 Å². The number of halogens is 1. The molecular formula is C18H15FN6. The SMILES string of the molecule is Fc1cccn2nc([C@H]3c4nc[nH]c4CCN3c3ccccn3)cc12. The molecule has 124 valence electrons. The van der Waals surface area contributed by atoms with Crippen molar-refractivity contribution in [3.05, 3.63) is 78.0 Å². The molecule has 4 aromatic rings. The van der Waals surface area contributed by atoms with E-state index in [1.807, 2.05) is 18.2 Å². The Hall–Kier alpha value is -3.22. The summed E-state index contributed by atoms with van der Waals surface area (Å²) in [6.45, 7) is 0.785. The van der Waals surface area contributed by atoms with Gasteiger partial charge < -0.3 is 9.88 Å². The molecule has 0 saturated heterocycles. The van der Waals surface area contributed by atoms with E-state index < -0.39 is 0 Å². The molecule has 6 nitrogen and oxygen atoms in total.